The molecular weight excluding hydrogens is 536 g/mol. The maximum Gasteiger partial charge on any atom is 0.315 e. The van der Waals surface area contributed by atoms with Crippen LogP contribution in [-0.2, 0) is 22.6 Å². The maximum absolute atomic E-state index is 11.9. The molecule has 2 heterocycles. The van der Waals surface area contributed by atoms with Crippen molar-refractivity contribution in [2.24, 2.45) is 0 Å². The van der Waals surface area contributed by atoms with E-state index in [1.165, 1.54) is 0 Å². The van der Waals surface area contributed by atoms with Gasteiger partial charge in [0.2, 0.25) is 0 Å². The fraction of sp³-hybridized carbons (Fsp3) is 0.281. The number of aliphatic hydroxyl groups excluding tert-OH is 1. The van der Waals surface area contributed by atoms with Crippen LogP contribution in [0.15, 0.2) is 96.4 Å². The summed E-state index contributed by atoms with van der Waals surface area (Å²) >= 11 is 1.57. The van der Waals surface area contributed by atoms with E-state index in [1.807, 2.05) is 61.5 Å². The van der Waals surface area contributed by atoms with Crippen LogP contribution in [0.4, 0.5) is 4.79 Å². The highest BCUT2D eigenvalue weighted by Gasteiger charge is 2.32. The predicted molar refractivity (Wildman–Crippen MR) is 159 cm³/mol. The first kappa shape index (κ1) is 28.8. The molecule has 0 saturated carbocycles. The zero-order valence-corrected chi connectivity index (χ0v) is 23.7. The number of aromatic nitrogens is 2. The van der Waals surface area contributed by atoms with E-state index in [0.29, 0.717) is 30.4 Å². The number of hydrogen-bond donors (Lipinski definition) is 3. The molecule has 9 heteroatoms. The summed E-state index contributed by atoms with van der Waals surface area (Å²) in [5, 5.41) is 15.9. The number of carbonyl (C=O) groups excluding carboxylic acids is 1. The van der Waals surface area contributed by atoms with Crippen molar-refractivity contribution in [3.63, 3.8) is 0 Å². The molecule has 0 radical (unpaired) electrons. The molecule has 1 fully saturated rings. The molecule has 41 heavy (non-hydrogen) atoms. The fourth-order valence-electron chi connectivity index (χ4n) is 4.72. The Morgan fingerprint density at radius 3 is 2.39 bits per heavy atom. The Balaban J connectivity index is 1.33. The molecule has 0 bridgehead atoms. The Morgan fingerprint density at radius 1 is 0.927 bits per heavy atom. The van der Waals surface area contributed by atoms with Gasteiger partial charge in [-0.25, -0.2) is 14.8 Å². The molecule has 2 amide bonds. The van der Waals surface area contributed by atoms with Gasteiger partial charge in [-0.05, 0) is 40.8 Å². The number of benzene rings is 3. The molecule has 0 aliphatic carbocycles. The quantitative estimate of drug-likeness (QED) is 0.164. The highest BCUT2D eigenvalue weighted by molar-refractivity contribution is 7.99. The summed E-state index contributed by atoms with van der Waals surface area (Å²) in [6.07, 6.45) is 3.39. The van der Waals surface area contributed by atoms with Crippen molar-refractivity contribution in [2.75, 3.05) is 12.3 Å². The monoisotopic (exact) mass is 570 g/mol. The molecule has 0 spiro atoms. The Hall–Kier alpha value is -3.76. The fourth-order valence-corrected chi connectivity index (χ4v) is 5.55. The molecular formula is C32H34N4O4S. The number of nitrogens with one attached hydrogen (secondary N) is 2. The standard InChI is InChI=1S/C32H34N4O4S/c1-2-33-31(38)36-19-26-6-3-4-7-28(26)23-12-14-25(15-13-23)30-39-27(21-41-32-34-16-5-17-35-32)18-29(40-30)24-10-8-22(20-37)9-11-24/h3-17,27,29-30,37H,2,18-21H2,1H3,(H2,33,36,38). The van der Waals surface area contributed by atoms with Crippen LogP contribution in [0, 0.1) is 0 Å². The molecule has 1 aliphatic rings. The lowest BCUT2D eigenvalue weighted by Crippen LogP contribution is -2.34. The van der Waals surface area contributed by atoms with E-state index >= 15 is 0 Å². The van der Waals surface area contributed by atoms with Gasteiger partial charge in [0.1, 0.15) is 0 Å². The van der Waals surface area contributed by atoms with Gasteiger partial charge in [0, 0.05) is 43.2 Å². The zero-order chi connectivity index (χ0) is 28.4. The van der Waals surface area contributed by atoms with Gasteiger partial charge in [0.05, 0.1) is 18.8 Å². The molecule has 3 N–H and O–H groups in total. The first-order chi connectivity index (χ1) is 20.1. The van der Waals surface area contributed by atoms with E-state index in [-0.39, 0.29) is 24.8 Å². The van der Waals surface area contributed by atoms with Crippen molar-refractivity contribution in [1.82, 2.24) is 20.6 Å². The van der Waals surface area contributed by atoms with Crippen molar-refractivity contribution in [3.05, 3.63) is 114 Å². The van der Waals surface area contributed by atoms with E-state index in [2.05, 4.69) is 38.8 Å². The van der Waals surface area contributed by atoms with Crippen molar-refractivity contribution in [1.29, 1.82) is 0 Å². The second-order valence-electron chi connectivity index (χ2n) is 9.68. The number of carbonyl (C=O) groups is 1. The maximum atomic E-state index is 11.9. The topological polar surface area (TPSA) is 106 Å². The SMILES string of the molecule is CCNC(=O)NCc1ccccc1-c1ccc(C2OC(CSc3ncccn3)CC(c3ccc(CO)cc3)O2)cc1. The second-order valence-corrected chi connectivity index (χ2v) is 10.7. The molecule has 4 aromatic rings. The molecule has 3 aromatic carbocycles. The lowest BCUT2D eigenvalue weighted by molar-refractivity contribution is -0.245. The largest absolute Gasteiger partial charge is 0.392 e. The van der Waals surface area contributed by atoms with Gasteiger partial charge in [-0.15, -0.1) is 0 Å². The van der Waals surface area contributed by atoms with Crippen molar-refractivity contribution in [3.8, 4) is 11.1 Å². The molecule has 3 atom stereocenters. The number of thioether (sulfide) groups is 1. The minimum Gasteiger partial charge on any atom is -0.392 e. The highest BCUT2D eigenvalue weighted by Crippen LogP contribution is 2.39. The van der Waals surface area contributed by atoms with Crippen LogP contribution in [0.25, 0.3) is 11.1 Å². The van der Waals surface area contributed by atoms with Gasteiger partial charge in [0.15, 0.2) is 11.4 Å². The Kier molecular flexibility index (Phi) is 9.98. The lowest BCUT2D eigenvalue weighted by Gasteiger charge is -2.36. The van der Waals surface area contributed by atoms with Crippen LogP contribution in [0.1, 0.15) is 48.0 Å². The van der Waals surface area contributed by atoms with Crippen LogP contribution in [0.3, 0.4) is 0 Å². The number of aliphatic hydroxyl groups is 1. The normalized spacial score (nSPS) is 18.5. The summed E-state index contributed by atoms with van der Waals surface area (Å²) in [7, 11) is 0. The first-order valence-electron chi connectivity index (χ1n) is 13.7. The molecule has 212 valence electrons. The van der Waals surface area contributed by atoms with Gasteiger partial charge < -0.3 is 25.2 Å². The minimum absolute atomic E-state index is 0.00531. The van der Waals surface area contributed by atoms with Crippen LogP contribution in [0.5, 0.6) is 0 Å². The van der Waals surface area contributed by atoms with Crippen LogP contribution in [0.2, 0.25) is 0 Å². The number of urea groups is 1. The van der Waals surface area contributed by atoms with E-state index in [1.54, 1.807) is 30.2 Å². The lowest BCUT2D eigenvalue weighted by atomic mass is 9.98. The number of hydrogen-bond acceptors (Lipinski definition) is 7. The summed E-state index contributed by atoms with van der Waals surface area (Å²) in [5.74, 6) is 0.694. The zero-order valence-electron chi connectivity index (χ0n) is 22.9. The molecule has 8 nitrogen and oxygen atoms in total. The summed E-state index contributed by atoms with van der Waals surface area (Å²) in [6.45, 7) is 2.91. The molecule has 1 aliphatic heterocycles. The average Bonchev–Trinajstić information content (AvgIpc) is 3.03. The number of nitrogens with zero attached hydrogens (tertiary/aromatic N) is 2. The number of ether oxygens (including phenoxy) is 2. The van der Waals surface area contributed by atoms with E-state index < -0.39 is 6.29 Å². The van der Waals surface area contributed by atoms with Crippen LogP contribution in [-0.4, -0.2) is 39.5 Å². The van der Waals surface area contributed by atoms with Crippen LogP contribution >= 0.6 is 11.8 Å². The van der Waals surface area contributed by atoms with Crippen molar-refractivity contribution in [2.45, 2.75) is 50.2 Å². The molecule has 3 unspecified atom stereocenters. The molecule has 1 aromatic heterocycles. The smallest absolute Gasteiger partial charge is 0.315 e. The second kappa shape index (κ2) is 14.2. The van der Waals surface area contributed by atoms with E-state index in [0.717, 1.165) is 33.4 Å². The van der Waals surface area contributed by atoms with Gasteiger partial charge in [0.25, 0.3) is 0 Å². The van der Waals surface area contributed by atoms with Gasteiger partial charge >= 0.3 is 6.03 Å². The van der Waals surface area contributed by atoms with Gasteiger partial charge in [-0.2, -0.15) is 0 Å². The summed E-state index contributed by atoms with van der Waals surface area (Å²) in [5.41, 5.74) is 5.97. The van der Waals surface area contributed by atoms with Crippen LogP contribution < -0.4 is 10.6 Å². The Labute approximate surface area is 244 Å². The third-order valence-electron chi connectivity index (χ3n) is 6.84. The van der Waals surface area contributed by atoms with Gasteiger partial charge in [-0.3, -0.25) is 0 Å². The summed E-state index contributed by atoms with van der Waals surface area (Å²) in [4.78, 5) is 20.6. The summed E-state index contributed by atoms with van der Waals surface area (Å²) in [6, 6.07) is 25.8. The molecule has 5 rings (SSSR count). The van der Waals surface area contributed by atoms with E-state index in [4.69, 9.17) is 9.47 Å². The number of amides is 2. The minimum atomic E-state index is -0.544. The first-order valence-corrected chi connectivity index (χ1v) is 14.7. The Morgan fingerprint density at radius 2 is 1.66 bits per heavy atom. The van der Waals surface area contributed by atoms with Gasteiger partial charge in [-0.1, -0.05) is 84.6 Å². The molecule has 1 saturated heterocycles. The predicted octanol–water partition coefficient (Wildman–Crippen LogP) is 5.79. The van der Waals surface area contributed by atoms with Crippen molar-refractivity contribution < 1.29 is 19.4 Å². The third-order valence-corrected chi connectivity index (χ3v) is 7.85. The number of rotatable bonds is 10. The van der Waals surface area contributed by atoms with Crippen molar-refractivity contribution >= 4 is 17.8 Å². The van der Waals surface area contributed by atoms with E-state index in [9.17, 15) is 9.90 Å². The highest BCUT2D eigenvalue weighted by atomic mass is 32.2. The average molecular weight is 571 g/mol. The third kappa shape index (κ3) is 7.71. The summed E-state index contributed by atoms with van der Waals surface area (Å²) < 4.78 is 12.9. The Bertz CT molecular complexity index is 1400.